The van der Waals surface area contributed by atoms with Crippen LogP contribution in [0.2, 0.25) is 0 Å². The minimum absolute atomic E-state index is 0.642. The van der Waals surface area contributed by atoms with Crippen molar-refractivity contribution in [3.8, 4) is 0 Å². The van der Waals surface area contributed by atoms with E-state index >= 15 is 0 Å². The largest absolute Gasteiger partial charge is 0.330 e. The molecule has 0 saturated carbocycles. The highest BCUT2D eigenvalue weighted by Gasteiger charge is 2.12. The normalized spacial score (nSPS) is 11.1. The minimum atomic E-state index is 0.642. The van der Waals surface area contributed by atoms with E-state index in [1.54, 1.807) is 0 Å². The molecule has 2 N–H and O–H groups in total. The number of imidazole rings is 1. The highest BCUT2D eigenvalue weighted by molar-refractivity contribution is 5.45. The number of benzene rings is 1. The van der Waals surface area contributed by atoms with E-state index in [1.807, 2.05) is 6.07 Å². The second kappa shape index (κ2) is 5.47. The highest BCUT2D eigenvalue weighted by Crippen LogP contribution is 2.18. The SMILES string of the molecule is Cc1ccc2nc(Cc3ccccc3)c(CCN)n2c1. The lowest BCUT2D eigenvalue weighted by Crippen LogP contribution is -2.07. The Kier molecular flexibility index (Phi) is 3.52. The van der Waals surface area contributed by atoms with E-state index < -0.39 is 0 Å². The van der Waals surface area contributed by atoms with Gasteiger partial charge in [0, 0.05) is 24.7 Å². The first-order valence-electron chi connectivity index (χ1n) is 6.98. The molecule has 20 heavy (non-hydrogen) atoms. The Bertz CT molecular complexity index is 714. The molecule has 0 spiro atoms. The standard InChI is InChI=1S/C17H19N3/c1-13-7-8-17-19-15(11-14-5-3-2-4-6-14)16(9-10-18)20(17)12-13/h2-8,12H,9-11,18H2,1H3. The summed E-state index contributed by atoms with van der Waals surface area (Å²) in [6.07, 6.45) is 3.85. The van der Waals surface area contributed by atoms with Gasteiger partial charge < -0.3 is 10.1 Å². The summed E-state index contributed by atoms with van der Waals surface area (Å²) in [6, 6.07) is 14.6. The number of fused-ring (bicyclic) bond motifs is 1. The second-order valence-electron chi connectivity index (χ2n) is 5.14. The summed E-state index contributed by atoms with van der Waals surface area (Å²) in [4.78, 5) is 4.78. The molecule has 2 aromatic heterocycles. The Morgan fingerprint density at radius 3 is 2.65 bits per heavy atom. The highest BCUT2D eigenvalue weighted by atomic mass is 15.0. The Balaban J connectivity index is 2.07. The molecular weight excluding hydrogens is 246 g/mol. The van der Waals surface area contributed by atoms with Crippen LogP contribution in [0.25, 0.3) is 5.65 Å². The van der Waals surface area contributed by atoms with Gasteiger partial charge in [0.1, 0.15) is 5.65 Å². The zero-order valence-electron chi connectivity index (χ0n) is 11.7. The number of aryl methyl sites for hydroxylation is 1. The molecule has 3 aromatic rings. The van der Waals surface area contributed by atoms with Gasteiger partial charge in [-0.2, -0.15) is 0 Å². The van der Waals surface area contributed by atoms with Gasteiger partial charge in [0.15, 0.2) is 0 Å². The van der Waals surface area contributed by atoms with Crippen LogP contribution in [0.5, 0.6) is 0 Å². The molecule has 0 fully saturated rings. The first-order valence-corrected chi connectivity index (χ1v) is 6.98. The molecule has 3 nitrogen and oxygen atoms in total. The van der Waals surface area contributed by atoms with E-state index in [-0.39, 0.29) is 0 Å². The van der Waals surface area contributed by atoms with Gasteiger partial charge in [-0.1, -0.05) is 36.4 Å². The maximum atomic E-state index is 5.77. The van der Waals surface area contributed by atoms with Crippen LogP contribution in [-0.4, -0.2) is 15.9 Å². The minimum Gasteiger partial charge on any atom is -0.330 e. The number of hydrogen-bond donors (Lipinski definition) is 1. The molecule has 102 valence electrons. The van der Waals surface area contributed by atoms with Gasteiger partial charge >= 0.3 is 0 Å². The predicted octanol–water partition coefficient (Wildman–Crippen LogP) is 2.73. The van der Waals surface area contributed by atoms with Gasteiger partial charge in [-0.3, -0.25) is 0 Å². The van der Waals surface area contributed by atoms with Gasteiger partial charge in [0.25, 0.3) is 0 Å². The van der Waals surface area contributed by atoms with Crippen LogP contribution in [0.1, 0.15) is 22.5 Å². The van der Waals surface area contributed by atoms with E-state index in [0.29, 0.717) is 6.54 Å². The van der Waals surface area contributed by atoms with E-state index in [4.69, 9.17) is 10.7 Å². The molecule has 2 heterocycles. The van der Waals surface area contributed by atoms with Crippen LogP contribution in [0, 0.1) is 6.92 Å². The Morgan fingerprint density at radius 1 is 1.10 bits per heavy atom. The average molecular weight is 265 g/mol. The quantitative estimate of drug-likeness (QED) is 0.788. The number of hydrogen-bond acceptors (Lipinski definition) is 2. The van der Waals surface area contributed by atoms with Crippen LogP contribution in [0.15, 0.2) is 48.7 Å². The number of nitrogens with zero attached hydrogens (tertiary/aromatic N) is 2. The van der Waals surface area contributed by atoms with Gasteiger partial charge in [-0.25, -0.2) is 4.98 Å². The van der Waals surface area contributed by atoms with Crippen molar-refractivity contribution in [3.05, 3.63) is 71.2 Å². The third kappa shape index (κ3) is 2.45. The fraction of sp³-hybridized carbons (Fsp3) is 0.235. The number of rotatable bonds is 4. The molecule has 0 bridgehead atoms. The van der Waals surface area contributed by atoms with E-state index in [2.05, 4.69) is 53.9 Å². The number of nitrogens with two attached hydrogens (primary N) is 1. The molecule has 0 saturated heterocycles. The lowest BCUT2D eigenvalue weighted by atomic mass is 10.1. The van der Waals surface area contributed by atoms with Crippen LogP contribution in [0.3, 0.4) is 0 Å². The van der Waals surface area contributed by atoms with Crippen LogP contribution in [0.4, 0.5) is 0 Å². The van der Waals surface area contributed by atoms with Crippen molar-refractivity contribution in [2.24, 2.45) is 5.73 Å². The summed E-state index contributed by atoms with van der Waals surface area (Å²) in [5, 5.41) is 0. The van der Waals surface area contributed by atoms with Gasteiger partial charge in [-0.05, 0) is 30.7 Å². The fourth-order valence-corrected chi connectivity index (χ4v) is 2.58. The molecule has 0 aliphatic carbocycles. The monoisotopic (exact) mass is 265 g/mol. The van der Waals surface area contributed by atoms with E-state index in [9.17, 15) is 0 Å². The summed E-state index contributed by atoms with van der Waals surface area (Å²) in [7, 11) is 0. The molecule has 0 radical (unpaired) electrons. The molecule has 0 atom stereocenters. The van der Waals surface area contributed by atoms with Gasteiger partial charge in [-0.15, -0.1) is 0 Å². The first-order chi connectivity index (χ1) is 9.78. The average Bonchev–Trinajstić information content (AvgIpc) is 2.78. The maximum absolute atomic E-state index is 5.77. The Labute approximate surface area is 119 Å². The zero-order chi connectivity index (χ0) is 13.9. The molecular formula is C17H19N3. The molecule has 3 rings (SSSR count). The molecule has 1 aromatic carbocycles. The third-order valence-electron chi connectivity index (χ3n) is 3.54. The maximum Gasteiger partial charge on any atom is 0.137 e. The van der Waals surface area contributed by atoms with Crippen molar-refractivity contribution in [1.29, 1.82) is 0 Å². The van der Waals surface area contributed by atoms with Crippen LogP contribution < -0.4 is 5.73 Å². The first kappa shape index (κ1) is 12.9. The Hall–Kier alpha value is -2.13. The van der Waals surface area contributed by atoms with Crippen molar-refractivity contribution in [1.82, 2.24) is 9.38 Å². The zero-order valence-corrected chi connectivity index (χ0v) is 11.7. The summed E-state index contributed by atoms with van der Waals surface area (Å²) in [5.74, 6) is 0. The summed E-state index contributed by atoms with van der Waals surface area (Å²) in [5.41, 5.74) is 11.7. The predicted molar refractivity (Wildman–Crippen MR) is 81.9 cm³/mol. The van der Waals surface area contributed by atoms with Crippen LogP contribution >= 0.6 is 0 Å². The summed E-state index contributed by atoms with van der Waals surface area (Å²) < 4.78 is 2.18. The lowest BCUT2D eigenvalue weighted by Gasteiger charge is -2.04. The van der Waals surface area contributed by atoms with E-state index in [0.717, 1.165) is 24.2 Å². The van der Waals surface area contributed by atoms with Crippen LogP contribution in [-0.2, 0) is 12.8 Å². The topological polar surface area (TPSA) is 43.3 Å². The smallest absolute Gasteiger partial charge is 0.137 e. The summed E-state index contributed by atoms with van der Waals surface area (Å²) >= 11 is 0. The second-order valence-corrected chi connectivity index (χ2v) is 5.14. The molecule has 0 unspecified atom stereocenters. The number of pyridine rings is 1. The lowest BCUT2D eigenvalue weighted by molar-refractivity contribution is 0.880. The third-order valence-corrected chi connectivity index (χ3v) is 3.54. The van der Waals surface area contributed by atoms with Gasteiger partial charge in [0.2, 0.25) is 0 Å². The fourth-order valence-electron chi connectivity index (χ4n) is 2.58. The number of aromatic nitrogens is 2. The van der Waals surface area contributed by atoms with Gasteiger partial charge in [0.05, 0.1) is 5.69 Å². The van der Waals surface area contributed by atoms with Crippen molar-refractivity contribution in [2.45, 2.75) is 19.8 Å². The van der Waals surface area contributed by atoms with E-state index in [1.165, 1.54) is 16.8 Å². The molecule has 0 aliphatic rings. The van der Waals surface area contributed by atoms with Crippen molar-refractivity contribution in [2.75, 3.05) is 6.54 Å². The molecule has 0 amide bonds. The Morgan fingerprint density at radius 2 is 1.90 bits per heavy atom. The van der Waals surface area contributed by atoms with Crippen molar-refractivity contribution >= 4 is 5.65 Å². The summed E-state index contributed by atoms with van der Waals surface area (Å²) in [6.45, 7) is 2.74. The molecule has 3 heteroatoms. The molecule has 0 aliphatic heterocycles. The van der Waals surface area contributed by atoms with Crippen molar-refractivity contribution in [3.63, 3.8) is 0 Å². The van der Waals surface area contributed by atoms with Crippen molar-refractivity contribution < 1.29 is 0 Å².